The molecule has 14 heavy (non-hydrogen) atoms. The van der Waals surface area contributed by atoms with Gasteiger partial charge in [0.25, 0.3) is 0 Å². The number of methoxy groups -OCH3 is 2. The Kier molecular flexibility index (Phi) is 3.68. The van der Waals surface area contributed by atoms with Crippen LogP contribution in [0.3, 0.4) is 0 Å². The zero-order valence-electron chi connectivity index (χ0n) is 7.64. The van der Waals surface area contributed by atoms with Gasteiger partial charge in [0, 0.05) is 0 Å². The van der Waals surface area contributed by atoms with Gasteiger partial charge in [-0.25, -0.2) is 9.18 Å². The second kappa shape index (κ2) is 4.59. The van der Waals surface area contributed by atoms with Crippen LogP contribution in [0.15, 0.2) is 12.1 Å². The van der Waals surface area contributed by atoms with E-state index in [1.165, 1.54) is 20.3 Å². The van der Waals surface area contributed by atoms with Gasteiger partial charge in [-0.1, -0.05) is 0 Å². The van der Waals surface area contributed by atoms with Crippen molar-refractivity contribution in [3.8, 4) is 5.75 Å². The molecule has 1 rings (SSSR count). The van der Waals surface area contributed by atoms with Gasteiger partial charge >= 0.3 is 5.97 Å². The molecule has 5 heteroatoms. The minimum atomic E-state index is -0.570. The fourth-order valence-electron chi connectivity index (χ4n) is 0.991. The maximum Gasteiger partial charge on any atom is 0.337 e. The van der Waals surface area contributed by atoms with Gasteiger partial charge in [0.1, 0.15) is 0 Å². The molecule has 0 saturated carbocycles. The van der Waals surface area contributed by atoms with Crippen LogP contribution < -0.4 is 4.74 Å². The van der Waals surface area contributed by atoms with Crippen molar-refractivity contribution in [1.82, 2.24) is 0 Å². The normalized spacial score (nSPS) is 9.71. The summed E-state index contributed by atoms with van der Waals surface area (Å²) < 4.78 is 23.1. The molecule has 0 aliphatic heterocycles. The molecule has 0 aromatic heterocycles. The van der Waals surface area contributed by atoms with Gasteiger partial charge in [0.2, 0.25) is 0 Å². The SMILES string of the molecule is COC(=O)c1cc(F)c(OC)c(I)c1. The van der Waals surface area contributed by atoms with E-state index in [1.807, 2.05) is 22.6 Å². The zero-order chi connectivity index (χ0) is 10.7. The Hall–Kier alpha value is -0.850. The summed E-state index contributed by atoms with van der Waals surface area (Å²) in [6.45, 7) is 0. The van der Waals surface area contributed by atoms with E-state index in [9.17, 15) is 9.18 Å². The number of benzene rings is 1. The van der Waals surface area contributed by atoms with Gasteiger partial charge in [0.15, 0.2) is 11.6 Å². The van der Waals surface area contributed by atoms with Crippen molar-refractivity contribution in [1.29, 1.82) is 0 Å². The van der Waals surface area contributed by atoms with Gasteiger partial charge < -0.3 is 9.47 Å². The van der Waals surface area contributed by atoms with Gasteiger partial charge in [-0.15, -0.1) is 0 Å². The number of carbonyl (C=O) groups is 1. The average molecular weight is 310 g/mol. The Morgan fingerprint density at radius 3 is 2.50 bits per heavy atom. The Balaban J connectivity index is 3.20. The third-order valence-electron chi connectivity index (χ3n) is 1.62. The summed E-state index contributed by atoms with van der Waals surface area (Å²) in [7, 11) is 2.62. The molecule has 3 nitrogen and oxygen atoms in total. The van der Waals surface area contributed by atoms with E-state index in [1.54, 1.807) is 0 Å². The van der Waals surface area contributed by atoms with E-state index in [0.29, 0.717) is 3.57 Å². The highest BCUT2D eigenvalue weighted by Crippen LogP contribution is 2.25. The summed E-state index contributed by atoms with van der Waals surface area (Å²) in [5.74, 6) is -0.998. The first-order valence-corrected chi connectivity index (χ1v) is 4.79. The lowest BCUT2D eigenvalue weighted by Crippen LogP contribution is -2.03. The number of hydrogen-bond donors (Lipinski definition) is 0. The molecule has 0 unspecified atom stereocenters. The molecule has 0 amide bonds. The standard InChI is InChI=1S/C9H8FIO3/c1-13-8-6(10)3-5(4-7(8)11)9(12)14-2/h3-4H,1-2H3. The summed E-state index contributed by atoms with van der Waals surface area (Å²) in [6, 6.07) is 2.60. The molecule has 76 valence electrons. The number of hydrogen-bond acceptors (Lipinski definition) is 3. The lowest BCUT2D eigenvalue weighted by molar-refractivity contribution is 0.0600. The minimum absolute atomic E-state index is 0.137. The number of carbonyl (C=O) groups excluding carboxylic acids is 1. The van der Waals surface area contributed by atoms with Gasteiger partial charge in [-0.3, -0.25) is 0 Å². The fraction of sp³-hybridized carbons (Fsp3) is 0.222. The highest BCUT2D eigenvalue weighted by molar-refractivity contribution is 14.1. The number of ether oxygens (including phenoxy) is 2. The van der Waals surface area contributed by atoms with Gasteiger partial charge in [0.05, 0.1) is 23.4 Å². The summed E-state index contributed by atoms with van der Waals surface area (Å²) in [5.41, 5.74) is 0.176. The molecule has 0 heterocycles. The van der Waals surface area contributed by atoms with Gasteiger partial charge in [-0.05, 0) is 34.7 Å². The predicted octanol–water partition coefficient (Wildman–Crippen LogP) is 2.23. The number of esters is 1. The van der Waals surface area contributed by atoms with Crippen molar-refractivity contribution in [2.45, 2.75) is 0 Å². The molecule has 1 aromatic carbocycles. The molecule has 0 aliphatic carbocycles. The quantitative estimate of drug-likeness (QED) is 0.621. The molecule has 0 radical (unpaired) electrons. The topological polar surface area (TPSA) is 35.5 Å². The summed E-state index contributed by atoms with van der Waals surface area (Å²) in [5, 5.41) is 0. The fourth-order valence-corrected chi connectivity index (χ4v) is 1.80. The Bertz CT molecular complexity index is 342. The van der Waals surface area contributed by atoms with E-state index in [2.05, 4.69) is 4.74 Å². The molecule has 0 N–H and O–H groups in total. The van der Waals surface area contributed by atoms with Crippen LogP contribution in [0, 0.1) is 9.39 Å². The monoisotopic (exact) mass is 310 g/mol. The first-order chi connectivity index (χ1) is 6.60. The van der Waals surface area contributed by atoms with E-state index in [4.69, 9.17) is 4.74 Å². The van der Waals surface area contributed by atoms with Crippen LogP contribution in [-0.4, -0.2) is 20.2 Å². The van der Waals surface area contributed by atoms with Crippen LogP contribution in [-0.2, 0) is 4.74 Å². The molecule has 0 saturated heterocycles. The third-order valence-corrected chi connectivity index (χ3v) is 2.42. The van der Waals surface area contributed by atoms with Crippen LogP contribution in [0.4, 0.5) is 4.39 Å². The Morgan fingerprint density at radius 2 is 2.07 bits per heavy atom. The molecule has 0 spiro atoms. The number of halogens is 2. The maximum atomic E-state index is 13.3. The molecule has 0 fully saturated rings. The van der Waals surface area contributed by atoms with Crippen molar-refractivity contribution < 1.29 is 18.7 Å². The second-order valence-electron chi connectivity index (χ2n) is 2.46. The maximum absolute atomic E-state index is 13.3. The van der Waals surface area contributed by atoms with Crippen molar-refractivity contribution in [2.75, 3.05) is 14.2 Å². The smallest absolute Gasteiger partial charge is 0.337 e. The summed E-state index contributed by atoms with van der Waals surface area (Å²) in [6.07, 6.45) is 0. The van der Waals surface area contributed by atoms with Crippen LogP contribution in [0.2, 0.25) is 0 Å². The predicted molar refractivity (Wildman–Crippen MR) is 57.0 cm³/mol. The average Bonchev–Trinajstić information content (AvgIpc) is 2.16. The molecule has 0 bridgehead atoms. The van der Waals surface area contributed by atoms with Crippen molar-refractivity contribution in [3.05, 3.63) is 27.1 Å². The molecule has 1 aromatic rings. The Labute approximate surface area is 94.3 Å². The Morgan fingerprint density at radius 1 is 1.43 bits per heavy atom. The van der Waals surface area contributed by atoms with Crippen LogP contribution in [0.5, 0.6) is 5.75 Å². The van der Waals surface area contributed by atoms with Crippen LogP contribution in [0.25, 0.3) is 0 Å². The largest absolute Gasteiger partial charge is 0.493 e. The van der Waals surface area contributed by atoms with Crippen LogP contribution in [0.1, 0.15) is 10.4 Å². The van der Waals surface area contributed by atoms with E-state index < -0.39 is 11.8 Å². The molecular weight excluding hydrogens is 302 g/mol. The highest BCUT2D eigenvalue weighted by Gasteiger charge is 2.13. The van der Waals surface area contributed by atoms with Crippen molar-refractivity contribution in [2.24, 2.45) is 0 Å². The third kappa shape index (κ3) is 2.14. The highest BCUT2D eigenvalue weighted by atomic mass is 127. The lowest BCUT2D eigenvalue weighted by atomic mass is 10.2. The van der Waals surface area contributed by atoms with Crippen molar-refractivity contribution >= 4 is 28.6 Å². The van der Waals surface area contributed by atoms with E-state index >= 15 is 0 Å². The van der Waals surface area contributed by atoms with Crippen molar-refractivity contribution in [3.63, 3.8) is 0 Å². The van der Waals surface area contributed by atoms with E-state index in [-0.39, 0.29) is 11.3 Å². The number of rotatable bonds is 2. The zero-order valence-corrected chi connectivity index (χ0v) is 9.79. The first-order valence-electron chi connectivity index (χ1n) is 3.71. The first kappa shape index (κ1) is 11.2. The lowest BCUT2D eigenvalue weighted by Gasteiger charge is -2.06. The van der Waals surface area contributed by atoms with Gasteiger partial charge in [-0.2, -0.15) is 0 Å². The van der Waals surface area contributed by atoms with E-state index in [0.717, 1.165) is 6.07 Å². The van der Waals surface area contributed by atoms with Crippen LogP contribution >= 0.6 is 22.6 Å². The summed E-state index contributed by atoms with van der Waals surface area (Å²) in [4.78, 5) is 11.1. The molecule has 0 aliphatic rings. The molecule has 0 atom stereocenters. The summed E-state index contributed by atoms with van der Waals surface area (Å²) >= 11 is 1.89. The minimum Gasteiger partial charge on any atom is -0.493 e. The second-order valence-corrected chi connectivity index (χ2v) is 3.63. The molecular formula is C9H8FIO3.